The maximum Gasteiger partial charge on any atom is 0.172 e. The van der Waals surface area contributed by atoms with E-state index in [1.165, 1.54) is 21.9 Å². The summed E-state index contributed by atoms with van der Waals surface area (Å²) in [5, 5.41) is 5.09. The van der Waals surface area contributed by atoms with Crippen molar-refractivity contribution in [3.05, 3.63) is 146 Å². The van der Waals surface area contributed by atoms with Crippen molar-refractivity contribution in [2.45, 2.75) is 0 Å². The van der Waals surface area contributed by atoms with Crippen LogP contribution in [0, 0.1) is 0 Å². The van der Waals surface area contributed by atoms with Crippen LogP contribution in [0.5, 0.6) is 0 Å². The van der Waals surface area contributed by atoms with Gasteiger partial charge in [0.05, 0.1) is 11.0 Å². The first kappa shape index (κ1) is 22.3. The first-order valence-corrected chi connectivity index (χ1v) is 14.9. The van der Waals surface area contributed by atoms with Gasteiger partial charge in [-0.15, -0.1) is 0 Å². The van der Waals surface area contributed by atoms with Crippen LogP contribution in [0.1, 0.15) is 0 Å². The Bertz CT molecular complexity index is 2090. The molecule has 0 saturated heterocycles. The predicted molar refractivity (Wildman–Crippen MR) is 165 cm³/mol. The fraction of sp³-hybridized carbons (Fsp3) is 0. The smallest absolute Gasteiger partial charge is 0.172 e. The second-order valence-corrected chi connectivity index (χ2v) is 12.8. The standard InChI is InChI=1S/C36H24NOP/c38-39(28-16-5-2-6-17-28)33-21-10-8-19-31(33)35-34(39)23-22-30-29-18-7-9-20-32(29)37(36(30)35)27-15-11-14-26(24-27)25-12-3-1-4-13-25/h1-24H. The Labute approximate surface area is 227 Å². The third-order valence-corrected chi connectivity index (χ3v) is 11.1. The quantitative estimate of drug-likeness (QED) is 0.217. The molecule has 7 aromatic rings. The number of aromatic nitrogens is 1. The van der Waals surface area contributed by atoms with E-state index in [2.05, 4.69) is 108 Å². The van der Waals surface area contributed by atoms with Crippen molar-refractivity contribution in [3.63, 3.8) is 0 Å². The molecule has 0 spiro atoms. The summed E-state index contributed by atoms with van der Waals surface area (Å²) in [4.78, 5) is 0. The van der Waals surface area contributed by atoms with E-state index >= 15 is 4.57 Å². The molecule has 184 valence electrons. The molecule has 3 heteroatoms. The number of rotatable bonds is 3. The van der Waals surface area contributed by atoms with Crippen molar-refractivity contribution in [2.75, 3.05) is 0 Å². The van der Waals surface area contributed by atoms with E-state index in [4.69, 9.17) is 0 Å². The maximum absolute atomic E-state index is 15.2. The molecule has 0 bridgehead atoms. The summed E-state index contributed by atoms with van der Waals surface area (Å²) in [7, 11) is -3.03. The Kier molecular flexibility index (Phi) is 4.83. The van der Waals surface area contributed by atoms with Gasteiger partial charge in [-0.1, -0.05) is 121 Å². The van der Waals surface area contributed by atoms with Crippen molar-refractivity contribution in [3.8, 4) is 27.9 Å². The molecule has 1 atom stereocenters. The number of para-hydroxylation sites is 1. The summed E-state index contributed by atoms with van der Waals surface area (Å²) >= 11 is 0. The van der Waals surface area contributed by atoms with Gasteiger partial charge in [-0.05, 0) is 41.0 Å². The van der Waals surface area contributed by atoms with Crippen molar-refractivity contribution in [1.29, 1.82) is 0 Å². The third-order valence-electron chi connectivity index (χ3n) is 8.00. The van der Waals surface area contributed by atoms with E-state index in [0.717, 1.165) is 43.8 Å². The van der Waals surface area contributed by atoms with Crippen LogP contribution in [-0.2, 0) is 4.57 Å². The van der Waals surface area contributed by atoms with Gasteiger partial charge >= 0.3 is 0 Å². The lowest BCUT2D eigenvalue weighted by atomic mass is 10.0. The van der Waals surface area contributed by atoms with Gasteiger partial charge in [0.15, 0.2) is 7.14 Å². The van der Waals surface area contributed by atoms with Gasteiger partial charge in [0, 0.05) is 37.9 Å². The molecule has 0 aliphatic carbocycles. The minimum atomic E-state index is -3.03. The molecule has 1 unspecified atom stereocenters. The minimum absolute atomic E-state index is 0.879. The molecule has 1 aromatic heterocycles. The van der Waals surface area contributed by atoms with Gasteiger partial charge in [0.1, 0.15) is 0 Å². The monoisotopic (exact) mass is 517 g/mol. The first-order valence-electron chi connectivity index (χ1n) is 13.2. The molecular weight excluding hydrogens is 493 g/mol. The van der Waals surface area contributed by atoms with E-state index < -0.39 is 7.14 Å². The Hall–Kier alpha value is -4.65. The van der Waals surface area contributed by atoms with Crippen molar-refractivity contribution in [1.82, 2.24) is 4.57 Å². The highest BCUT2D eigenvalue weighted by molar-refractivity contribution is 7.86. The Balaban J connectivity index is 1.51. The summed E-state index contributed by atoms with van der Waals surface area (Å²) in [5.74, 6) is 0. The van der Waals surface area contributed by atoms with Crippen LogP contribution in [0.3, 0.4) is 0 Å². The third kappa shape index (κ3) is 3.13. The highest BCUT2D eigenvalue weighted by Crippen LogP contribution is 2.54. The lowest BCUT2D eigenvalue weighted by molar-refractivity contribution is 0.593. The Morgan fingerprint density at radius 3 is 2.05 bits per heavy atom. The number of nitrogens with zero attached hydrogens (tertiary/aromatic N) is 1. The van der Waals surface area contributed by atoms with E-state index in [0.29, 0.717) is 0 Å². The number of fused-ring (bicyclic) bond motifs is 7. The van der Waals surface area contributed by atoms with Gasteiger partial charge in [0.25, 0.3) is 0 Å². The second-order valence-electron chi connectivity index (χ2n) is 10.1. The van der Waals surface area contributed by atoms with Crippen molar-refractivity contribution in [2.24, 2.45) is 0 Å². The van der Waals surface area contributed by atoms with Gasteiger partial charge in [-0.25, -0.2) is 0 Å². The lowest BCUT2D eigenvalue weighted by Crippen LogP contribution is -2.20. The molecule has 8 rings (SSSR count). The molecular formula is C36H24NOP. The van der Waals surface area contributed by atoms with Crippen LogP contribution in [-0.4, -0.2) is 4.57 Å². The molecule has 1 aliphatic rings. The van der Waals surface area contributed by atoms with Crippen LogP contribution in [0.25, 0.3) is 49.7 Å². The largest absolute Gasteiger partial charge is 0.309 e. The maximum atomic E-state index is 15.2. The van der Waals surface area contributed by atoms with Gasteiger partial charge in [-0.3, -0.25) is 0 Å². The molecule has 0 fully saturated rings. The first-order chi connectivity index (χ1) is 19.2. The summed E-state index contributed by atoms with van der Waals surface area (Å²) < 4.78 is 17.6. The summed E-state index contributed by atoms with van der Waals surface area (Å²) in [6, 6.07) is 50.3. The molecule has 0 amide bonds. The van der Waals surface area contributed by atoms with Crippen molar-refractivity contribution < 1.29 is 4.57 Å². The van der Waals surface area contributed by atoms with Gasteiger partial charge < -0.3 is 9.13 Å². The van der Waals surface area contributed by atoms with Gasteiger partial charge in [0.2, 0.25) is 0 Å². The molecule has 0 radical (unpaired) electrons. The average Bonchev–Trinajstić information content (AvgIpc) is 3.49. The predicted octanol–water partition coefficient (Wildman–Crippen LogP) is 8.07. The topological polar surface area (TPSA) is 22.0 Å². The normalized spacial score (nSPS) is 15.9. The lowest BCUT2D eigenvalue weighted by Gasteiger charge is -2.16. The highest BCUT2D eigenvalue weighted by atomic mass is 31.2. The average molecular weight is 518 g/mol. The van der Waals surface area contributed by atoms with Gasteiger partial charge in [-0.2, -0.15) is 0 Å². The fourth-order valence-electron chi connectivity index (χ4n) is 6.30. The molecule has 2 heterocycles. The molecule has 39 heavy (non-hydrogen) atoms. The van der Waals surface area contributed by atoms with Crippen LogP contribution >= 0.6 is 7.14 Å². The summed E-state index contributed by atoms with van der Waals surface area (Å²) in [5.41, 5.74) is 7.84. The molecule has 0 saturated carbocycles. The van der Waals surface area contributed by atoms with E-state index in [-0.39, 0.29) is 0 Å². The number of benzene rings is 6. The molecule has 2 nitrogen and oxygen atoms in total. The zero-order valence-corrected chi connectivity index (χ0v) is 22.1. The van der Waals surface area contributed by atoms with Crippen LogP contribution in [0.4, 0.5) is 0 Å². The minimum Gasteiger partial charge on any atom is -0.309 e. The fourth-order valence-corrected chi connectivity index (χ4v) is 9.36. The van der Waals surface area contributed by atoms with E-state index in [1.807, 2.05) is 42.5 Å². The highest BCUT2D eigenvalue weighted by Gasteiger charge is 2.41. The SMILES string of the molecule is O=P1(c2ccccc2)c2ccccc2-c2c1ccc1c3ccccc3n(-c3cccc(-c4ccccc4)c3)c21. The number of hydrogen-bond acceptors (Lipinski definition) is 1. The Morgan fingerprint density at radius 1 is 0.513 bits per heavy atom. The summed E-state index contributed by atoms with van der Waals surface area (Å²) in [6.45, 7) is 0. The summed E-state index contributed by atoms with van der Waals surface area (Å²) in [6.07, 6.45) is 0. The molecule has 6 aromatic carbocycles. The van der Waals surface area contributed by atoms with Crippen LogP contribution < -0.4 is 15.9 Å². The van der Waals surface area contributed by atoms with E-state index in [1.54, 1.807) is 0 Å². The Morgan fingerprint density at radius 2 is 1.21 bits per heavy atom. The second kappa shape index (κ2) is 8.43. The number of hydrogen-bond donors (Lipinski definition) is 0. The molecule has 0 N–H and O–H groups in total. The molecule has 1 aliphatic heterocycles. The van der Waals surface area contributed by atoms with Crippen LogP contribution in [0.15, 0.2) is 146 Å². The zero-order chi connectivity index (χ0) is 26.0. The zero-order valence-electron chi connectivity index (χ0n) is 21.2. The van der Waals surface area contributed by atoms with Crippen molar-refractivity contribution >= 4 is 44.9 Å². The van der Waals surface area contributed by atoms with E-state index in [9.17, 15) is 0 Å². The van der Waals surface area contributed by atoms with Crippen LogP contribution in [0.2, 0.25) is 0 Å².